The zero-order chi connectivity index (χ0) is 17.1. The standard InChI is InChI=1S/C17H23BrN2O4/c1-2-20(10-16(21)22)13-3-5-19(6-4-13)9-12-7-14(18)17-15(8-12)23-11-24-17/h7-8,13H,2-6,9-11H2,1H3,(H,21,22). The number of nitrogens with zero attached hydrogens (tertiary/aromatic N) is 2. The van der Waals surface area contributed by atoms with E-state index in [2.05, 4.69) is 31.8 Å². The number of hydrogen-bond donors (Lipinski definition) is 1. The minimum Gasteiger partial charge on any atom is -0.480 e. The lowest BCUT2D eigenvalue weighted by molar-refractivity contribution is -0.139. The van der Waals surface area contributed by atoms with Gasteiger partial charge < -0.3 is 14.6 Å². The number of hydrogen-bond acceptors (Lipinski definition) is 5. The molecule has 24 heavy (non-hydrogen) atoms. The number of likely N-dealkylation sites (tertiary alicyclic amines) is 1. The summed E-state index contributed by atoms with van der Waals surface area (Å²) in [5, 5.41) is 9.02. The smallest absolute Gasteiger partial charge is 0.317 e. The third-order valence-electron chi connectivity index (χ3n) is 4.71. The Morgan fingerprint density at radius 2 is 2.12 bits per heavy atom. The first-order valence-electron chi connectivity index (χ1n) is 8.33. The number of ether oxygens (including phenoxy) is 2. The van der Waals surface area contributed by atoms with E-state index in [4.69, 9.17) is 14.6 Å². The minimum absolute atomic E-state index is 0.135. The third-order valence-corrected chi connectivity index (χ3v) is 5.30. The van der Waals surface area contributed by atoms with Crippen LogP contribution in [0.4, 0.5) is 0 Å². The molecule has 1 aromatic carbocycles. The van der Waals surface area contributed by atoms with Gasteiger partial charge in [-0.25, -0.2) is 0 Å². The maximum absolute atomic E-state index is 11.0. The fraction of sp³-hybridized carbons (Fsp3) is 0.588. The molecule has 2 aliphatic heterocycles. The lowest BCUT2D eigenvalue weighted by Gasteiger charge is -2.37. The van der Waals surface area contributed by atoms with Gasteiger partial charge in [0.05, 0.1) is 11.0 Å². The number of carboxylic acids is 1. The van der Waals surface area contributed by atoms with Crippen LogP contribution >= 0.6 is 15.9 Å². The molecule has 2 heterocycles. The van der Waals surface area contributed by atoms with E-state index in [1.54, 1.807) is 0 Å². The zero-order valence-electron chi connectivity index (χ0n) is 13.8. The molecule has 0 bridgehead atoms. The van der Waals surface area contributed by atoms with Gasteiger partial charge in [-0.2, -0.15) is 0 Å². The van der Waals surface area contributed by atoms with Gasteiger partial charge in [-0.15, -0.1) is 0 Å². The number of fused-ring (bicyclic) bond motifs is 1. The van der Waals surface area contributed by atoms with Crippen LogP contribution in [-0.2, 0) is 11.3 Å². The first-order chi connectivity index (χ1) is 11.6. The topological polar surface area (TPSA) is 62.2 Å². The number of aliphatic carboxylic acids is 1. The number of benzene rings is 1. The van der Waals surface area contributed by atoms with E-state index < -0.39 is 5.97 Å². The van der Waals surface area contributed by atoms with E-state index in [1.807, 2.05) is 13.0 Å². The molecule has 132 valence electrons. The zero-order valence-corrected chi connectivity index (χ0v) is 15.4. The summed E-state index contributed by atoms with van der Waals surface area (Å²) in [6.07, 6.45) is 2.01. The van der Waals surface area contributed by atoms with Gasteiger partial charge in [-0.1, -0.05) is 6.92 Å². The molecule has 3 rings (SSSR count). The van der Waals surface area contributed by atoms with E-state index in [-0.39, 0.29) is 13.3 Å². The third kappa shape index (κ3) is 4.02. The number of halogens is 1. The highest BCUT2D eigenvalue weighted by atomic mass is 79.9. The van der Waals surface area contributed by atoms with Crippen molar-refractivity contribution in [2.75, 3.05) is 33.0 Å². The molecule has 0 spiro atoms. The summed E-state index contributed by atoms with van der Waals surface area (Å²) in [4.78, 5) is 15.4. The predicted molar refractivity (Wildman–Crippen MR) is 93.4 cm³/mol. The highest BCUT2D eigenvalue weighted by Gasteiger charge is 2.25. The summed E-state index contributed by atoms with van der Waals surface area (Å²) in [5.41, 5.74) is 1.20. The minimum atomic E-state index is -0.746. The van der Waals surface area contributed by atoms with Gasteiger partial charge in [0.2, 0.25) is 6.79 Å². The van der Waals surface area contributed by atoms with Crippen molar-refractivity contribution in [2.24, 2.45) is 0 Å². The van der Waals surface area contributed by atoms with Crippen LogP contribution in [0.25, 0.3) is 0 Å². The van der Waals surface area contributed by atoms with Crippen molar-refractivity contribution in [3.05, 3.63) is 22.2 Å². The van der Waals surface area contributed by atoms with Crippen LogP contribution in [0.5, 0.6) is 11.5 Å². The van der Waals surface area contributed by atoms with Gasteiger partial charge in [0.1, 0.15) is 0 Å². The molecular weight excluding hydrogens is 376 g/mol. The molecule has 2 aliphatic rings. The molecule has 7 heteroatoms. The number of carbonyl (C=O) groups is 1. The first-order valence-corrected chi connectivity index (χ1v) is 9.12. The van der Waals surface area contributed by atoms with Crippen molar-refractivity contribution >= 4 is 21.9 Å². The lowest BCUT2D eigenvalue weighted by Crippen LogP contribution is -2.46. The summed E-state index contributed by atoms with van der Waals surface area (Å²) >= 11 is 3.54. The SMILES string of the molecule is CCN(CC(=O)O)C1CCN(Cc2cc(Br)c3c(c2)OCO3)CC1. The second kappa shape index (κ2) is 7.72. The van der Waals surface area contributed by atoms with E-state index >= 15 is 0 Å². The summed E-state index contributed by atoms with van der Waals surface area (Å²) in [7, 11) is 0. The fourth-order valence-corrected chi connectivity index (χ4v) is 4.09. The molecule has 0 unspecified atom stereocenters. The van der Waals surface area contributed by atoms with Gasteiger partial charge >= 0.3 is 5.97 Å². The Bertz CT molecular complexity index is 602. The fourth-order valence-electron chi connectivity index (χ4n) is 3.49. The molecule has 1 N–H and O–H groups in total. The Balaban J connectivity index is 1.56. The highest BCUT2D eigenvalue weighted by Crippen LogP contribution is 2.40. The van der Waals surface area contributed by atoms with Gasteiger partial charge in [0.15, 0.2) is 11.5 Å². The van der Waals surface area contributed by atoms with Crippen LogP contribution in [0, 0.1) is 0 Å². The monoisotopic (exact) mass is 398 g/mol. The summed E-state index contributed by atoms with van der Waals surface area (Å²) < 4.78 is 11.8. The van der Waals surface area contributed by atoms with Crippen LogP contribution in [0.3, 0.4) is 0 Å². The van der Waals surface area contributed by atoms with Crippen LogP contribution in [-0.4, -0.2) is 59.9 Å². The largest absolute Gasteiger partial charge is 0.480 e. The quantitative estimate of drug-likeness (QED) is 0.794. The van der Waals surface area contributed by atoms with Gasteiger partial charge in [-0.3, -0.25) is 14.6 Å². The maximum atomic E-state index is 11.0. The molecule has 0 amide bonds. The van der Waals surface area contributed by atoms with E-state index in [1.165, 1.54) is 5.56 Å². The molecule has 1 fully saturated rings. The van der Waals surface area contributed by atoms with Crippen molar-refractivity contribution in [3.8, 4) is 11.5 Å². The van der Waals surface area contributed by atoms with Crippen molar-refractivity contribution in [1.29, 1.82) is 0 Å². The second-order valence-corrected chi connectivity index (χ2v) is 7.13. The molecule has 0 aliphatic carbocycles. The Kier molecular flexibility index (Phi) is 5.63. The molecule has 6 nitrogen and oxygen atoms in total. The number of piperidine rings is 1. The second-order valence-electron chi connectivity index (χ2n) is 6.28. The van der Waals surface area contributed by atoms with Crippen LogP contribution < -0.4 is 9.47 Å². The lowest BCUT2D eigenvalue weighted by atomic mass is 10.0. The first kappa shape index (κ1) is 17.5. The highest BCUT2D eigenvalue weighted by molar-refractivity contribution is 9.10. The molecular formula is C17H23BrN2O4. The number of rotatable bonds is 6. The molecule has 0 radical (unpaired) electrons. The Morgan fingerprint density at radius 1 is 1.38 bits per heavy atom. The predicted octanol–water partition coefficient (Wildman–Crippen LogP) is 2.55. The molecule has 1 aromatic rings. The van der Waals surface area contributed by atoms with Crippen molar-refractivity contribution in [3.63, 3.8) is 0 Å². The van der Waals surface area contributed by atoms with Crippen molar-refractivity contribution in [2.45, 2.75) is 32.4 Å². The van der Waals surface area contributed by atoms with Crippen molar-refractivity contribution < 1.29 is 19.4 Å². The van der Waals surface area contributed by atoms with Gasteiger partial charge in [-0.05, 0) is 66.1 Å². The van der Waals surface area contributed by atoms with Gasteiger partial charge in [0.25, 0.3) is 0 Å². The van der Waals surface area contributed by atoms with E-state index in [0.717, 1.165) is 55.0 Å². The van der Waals surface area contributed by atoms with E-state index in [9.17, 15) is 4.79 Å². The molecule has 1 saturated heterocycles. The van der Waals surface area contributed by atoms with Crippen LogP contribution in [0.1, 0.15) is 25.3 Å². The van der Waals surface area contributed by atoms with Crippen LogP contribution in [0.2, 0.25) is 0 Å². The maximum Gasteiger partial charge on any atom is 0.317 e. The van der Waals surface area contributed by atoms with Crippen molar-refractivity contribution in [1.82, 2.24) is 9.80 Å². The Labute approximate surface area is 150 Å². The summed E-state index contributed by atoms with van der Waals surface area (Å²) in [5.74, 6) is 0.835. The number of likely N-dealkylation sites (N-methyl/N-ethyl adjacent to an activating group) is 1. The summed E-state index contributed by atoms with van der Waals surface area (Å²) in [6.45, 7) is 6.05. The normalized spacial score (nSPS) is 18.3. The van der Waals surface area contributed by atoms with E-state index in [0.29, 0.717) is 6.04 Å². The summed E-state index contributed by atoms with van der Waals surface area (Å²) in [6, 6.07) is 4.50. The Morgan fingerprint density at radius 3 is 2.79 bits per heavy atom. The molecule has 0 saturated carbocycles. The average Bonchev–Trinajstić information content (AvgIpc) is 3.02. The number of carboxylic acid groups (broad SMARTS) is 1. The molecule has 0 atom stereocenters. The van der Waals surface area contributed by atoms with Gasteiger partial charge in [0, 0.05) is 12.6 Å². The average molecular weight is 399 g/mol. The Hall–Kier alpha value is -1.31. The van der Waals surface area contributed by atoms with Crippen LogP contribution in [0.15, 0.2) is 16.6 Å². The molecule has 0 aromatic heterocycles.